The second-order valence-electron chi connectivity index (χ2n) is 6.06. The lowest BCUT2D eigenvalue weighted by molar-refractivity contribution is 0.0886. The molecule has 0 atom stereocenters. The molecule has 8 heteroatoms. The van der Waals surface area contributed by atoms with Gasteiger partial charge in [-0.25, -0.2) is 9.97 Å². The zero-order valence-corrected chi connectivity index (χ0v) is 16.6. The van der Waals surface area contributed by atoms with Gasteiger partial charge < -0.3 is 14.8 Å². The zero-order chi connectivity index (χ0) is 18.5. The van der Waals surface area contributed by atoms with E-state index >= 15 is 0 Å². The first-order valence-electron chi connectivity index (χ1n) is 8.34. The number of nitrogens with one attached hydrogen (secondary N) is 1. The Morgan fingerprint density at radius 2 is 1.88 bits per heavy atom. The fraction of sp³-hybridized carbons (Fsp3) is 0.389. The zero-order valence-electron chi connectivity index (χ0n) is 14.2. The molecule has 3 rings (SSSR count). The van der Waals surface area contributed by atoms with E-state index in [0.29, 0.717) is 22.3 Å². The number of carbonyl (C=O) groups is 1. The molecule has 1 aliphatic carbocycles. The number of carbonyl (C=O) groups excluding carboxylic acids is 1. The van der Waals surface area contributed by atoms with Crippen LogP contribution in [0.3, 0.4) is 0 Å². The van der Waals surface area contributed by atoms with E-state index in [4.69, 9.17) is 21.1 Å². The minimum absolute atomic E-state index is 0.0307. The van der Waals surface area contributed by atoms with Gasteiger partial charge in [-0.2, -0.15) is 0 Å². The van der Waals surface area contributed by atoms with Crippen molar-refractivity contribution in [3.8, 4) is 11.8 Å². The van der Waals surface area contributed by atoms with Gasteiger partial charge in [0.05, 0.1) is 17.7 Å². The van der Waals surface area contributed by atoms with Gasteiger partial charge in [0.1, 0.15) is 6.10 Å². The normalized spacial score (nSPS) is 19.7. The maximum Gasteiger partial charge on any atom is 0.278 e. The number of nitrogens with zero attached hydrogens (tertiary/aromatic N) is 2. The Kier molecular flexibility index (Phi) is 6.32. The molecule has 1 saturated carbocycles. The van der Waals surface area contributed by atoms with Crippen LogP contribution in [-0.2, 0) is 0 Å². The molecule has 0 unspecified atom stereocenters. The number of rotatable bonds is 5. The van der Waals surface area contributed by atoms with E-state index in [2.05, 4.69) is 31.2 Å². The molecule has 1 amide bonds. The summed E-state index contributed by atoms with van der Waals surface area (Å²) in [6.07, 6.45) is 6.45. The van der Waals surface area contributed by atoms with E-state index in [9.17, 15) is 4.79 Å². The highest BCUT2D eigenvalue weighted by Crippen LogP contribution is 2.28. The summed E-state index contributed by atoms with van der Waals surface area (Å²) in [5.74, 6) is 0.631. The number of benzene rings is 1. The maximum absolute atomic E-state index is 12.5. The highest BCUT2D eigenvalue weighted by molar-refractivity contribution is 9.10. The van der Waals surface area contributed by atoms with Crippen LogP contribution in [0.4, 0.5) is 0 Å². The summed E-state index contributed by atoms with van der Waals surface area (Å²) in [4.78, 5) is 20.7. The minimum atomic E-state index is -0.156. The highest BCUT2D eigenvalue weighted by Gasteiger charge is 2.25. The van der Waals surface area contributed by atoms with Gasteiger partial charge in [0, 0.05) is 22.9 Å². The Bertz CT molecular complexity index is 782. The van der Waals surface area contributed by atoms with Gasteiger partial charge in [0.25, 0.3) is 17.7 Å². The lowest BCUT2D eigenvalue weighted by Gasteiger charge is -2.29. The van der Waals surface area contributed by atoms with E-state index in [1.807, 2.05) is 6.07 Å². The minimum Gasteiger partial charge on any atom is -0.477 e. The largest absolute Gasteiger partial charge is 0.477 e. The van der Waals surface area contributed by atoms with Crippen LogP contribution in [0, 0.1) is 0 Å². The molecule has 2 aromatic rings. The standard InChI is InChI=1S/C18H19BrClN3O3/c1-25-17-18(22-9-8-21-17)26-13-5-3-12(4-6-13)23-16(24)14-10-11(19)2-7-15(14)20/h2,7-10,12-13H,3-6H2,1H3,(H,23,24). The monoisotopic (exact) mass is 439 g/mol. The molecular weight excluding hydrogens is 422 g/mol. The Labute approximate surface area is 165 Å². The average Bonchev–Trinajstić information content (AvgIpc) is 2.65. The molecule has 0 saturated heterocycles. The number of hydrogen-bond acceptors (Lipinski definition) is 5. The van der Waals surface area contributed by atoms with Crippen LogP contribution in [-0.4, -0.2) is 35.1 Å². The summed E-state index contributed by atoms with van der Waals surface area (Å²) in [5.41, 5.74) is 0.476. The molecule has 138 valence electrons. The molecule has 1 N–H and O–H groups in total. The molecule has 0 bridgehead atoms. The van der Waals surface area contributed by atoms with Crippen molar-refractivity contribution in [3.63, 3.8) is 0 Å². The predicted octanol–water partition coefficient (Wildman–Crippen LogP) is 4.02. The van der Waals surface area contributed by atoms with Crippen LogP contribution < -0.4 is 14.8 Å². The van der Waals surface area contributed by atoms with Crippen molar-refractivity contribution in [3.05, 3.63) is 45.7 Å². The third kappa shape index (κ3) is 4.65. The second kappa shape index (κ2) is 8.68. The SMILES string of the molecule is COc1nccnc1OC1CCC(NC(=O)c2cc(Br)ccc2Cl)CC1. The van der Waals surface area contributed by atoms with Gasteiger partial charge in [0.2, 0.25) is 0 Å². The number of hydrogen-bond donors (Lipinski definition) is 1. The molecule has 0 spiro atoms. The Morgan fingerprint density at radius 3 is 2.58 bits per heavy atom. The van der Waals surface area contributed by atoms with Crippen molar-refractivity contribution in [2.24, 2.45) is 0 Å². The molecule has 1 aliphatic rings. The quantitative estimate of drug-likeness (QED) is 0.760. The molecule has 1 aromatic heterocycles. The maximum atomic E-state index is 12.5. The van der Waals surface area contributed by atoms with E-state index in [1.165, 1.54) is 7.11 Å². The Balaban J connectivity index is 1.54. The smallest absolute Gasteiger partial charge is 0.278 e. The van der Waals surface area contributed by atoms with Crippen LogP contribution in [0.2, 0.25) is 5.02 Å². The summed E-state index contributed by atoms with van der Waals surface area (Å²) in [7, 11) is 1.54. The number of methoxy groups -OCH3 is 1. The van der Waals surface area contributed by atoms with Gasteiger partial charge >= 0.3 is 0 Å². The molecule has 1 fully saturated rings. The third-order valence-electron chi connectivity index (χ3n) is 4.29. The van der Waals surface area contributed by atoms with Gasteiger partial charge in [-0.1, -0.05) is 27.5 Å². The topological polar surface area (TPSA) is 73.3 Å². The van der Waals surface area contributed by atoms with Crippen molar-refractivity contribution in [2.45, 2.75) is 37.8 Å². The van der Waals surface area contributed by atoms with Crippen LogP contribution in [0.15, 0.2) is 35.1 Å². The van der Waals surface area contributed by atoms with Crippen molar-refractivity contribution in [1.29, 1.82) is 0 Å². The third-order valence-corrected chi connectivity index (χ3v) is 5.11. The van der Waals surface area contributed by atoms with E-state index in [0.717, 1.165) is 30.2 Å². The van der Waals surface area contributed by atoms with E-state index in [-0.39, 0.29) is 18.1 Å². The summed E-state index contributed by atoms with van der Waals surface area (Å²) >= 11 is 9.49. The fourth-order valence-corrected chi connectivity index (χ4v) is 3.52. The predicted molar refractivity (Wildman–Crippen MR) is 102 cm³/mol. The number of aromatic nitrogens is 2. The molecule has 0 radical (unpaired) electrons. The van der Waals surface area contributed by atoms with Gasteiger partial charge in [-0.3, -0.25) is 4.79 Å². The molecule has 1 heterocycles. The summed E-state index contributed by atoms with van der Waals surface area (Å²) in [6.45, 7) is 0. The van der Waals surface area contributed by atoms with E-state index < -0.39 is 0 Å². The Hall–Kier alpha value is -1.86. The molecule has 26 heavy (non-hydrogen) atoms. The van der Waals surface area contributed by atoms with Gasteiger partial charge in [-0.15, -0.1) is 0 Å². The van der Waals surface area contributed by atoms with Crippen molar-refractivity contribution in [1.82, 2.24) is 15.3 Å². The first kappa shape index (κ1) is 18.9. The second-order valence-corrected chi connectivity index (χ2v) is 7.38. The Morgan fingerprint density at radius 1 is 1.19 bits per heavy atom. The van der Waals surface area contributed by atoms with Crippen molar-refractivity contribution >= 4 is 33.4 Å². The number of amides is 1. The summed E-state index contributed by atoms with van der Waals surface area (Å²) < 4.78 is 11.9. The van der Waals surface area contributed by atoms with Crippen LogP contribution in [0.25, 0.3) is 0 Å². The molecule has 6 nitrogen and oxygen atoms in total. The van der Waals surface area contributed by atoms with Crippen molar-refractivity contribution in [2.75, 3.05) is 7.11 Å². The van der Waals surface area contributed by atoms with Gasteiger partial charge in [0.15, 0.2) is 0 Å². The molecular formula is C18H19BrClN3O3. The van der Waals surface area contributed by atoms with Crippen molar-refractivity contribution < 1.29 is 14.3 Å². The molecule has 1 aromatic carbocycles. The first-order chi connectivity index (χ1) is 12.6. The summed E-state index contributed by atoms with van der Waals surface area (Å²) in [5, 5.41) is 3.50. The van der Waals surface area contributed by atoms with Crippen LogP contribution >= 0.6 is 27.5 Å². The number of ether oxygens (including phenoxy) is 2. The average molecular weight is 441 g/mol. The first-order valence-corrected chi connectivity index (χ1v) is 9.51. The summed E-state index contributed by atoms with van der Waals surface area (Å²) in [6, 6.07) is 5.34. The van der Waals surface area contributed by atoms with Crippen LogP contribution in [0.5, 0.6) is 11.8 Å². The lowest BCUT2D eigenvalue weighted by atomic mass is 9.92. The van der Waals surface area contributed by atoms with Gasteiger partial charge in [-0.05, 0) is 43.9 Å². The van der Waals surface area contributed by atoms with Crippen LogP contribution in [0.1, 0.15) is 36.0 Å². The lowest BCUT2D eigenvalue weighted by Crippen LogP contribution is -2.39. The van der Waals surface area contributed by atoms with E-state index in [1.54, 1.807) is 24.5 Å². The molecule has 0 aliphatic heterocycles. The highest BCUT2D eigenvalue weighted by atomic mass is 79.9. The number of halogens is 2. The fourth-order valence-electron chi connectivity index (χ4n) is 2.95.